The molecule has 1 saturated carbocycles. The van der Waals surface area contributed by atoms with E-state index in [9.17, 15) is 5.11 Å². The molecule has 1 aliphatic heterocycles. The number of nitrogens with two attached hydrogens (primary N) is 1. The predicted octanol–water partition coefficient (Wildman–Crippen LogP) is 1.90. The zero-order valence-electron chi connectivity index (χ0n) is 11.9. The fraction of sp³-hybridized carbons (Fsp3) is 0.800. The summed E-state index contributed by atoms with van der Waals surface area (Å²) in [5.74, 6) is 1.37. The number of aliphatic hydroxyl groups is 1. The number of aliphatic imine (C=N–C) groups is 1. The van der Waals surface area contributed by atoms with Crippen LogP contribution in [0, 0.1) is 11.8 Å². The molecule has 4 heteroatoms. The molecule has 1 heterocycles. The van der Waals surface area contributed by atoms with E-state index >= 15 is 0 Å². The second-order valence-corrected chi connectivity index (χ2v) is 6.40. The lowest BCUT2D eigenvalue weighted by Crippen LogP contribution is -2.58. The summed E-state index contributed by atoms with van der Waals surface area (Å²) in [4.78, 5) is 4.44. The molecule has 3 aliphatic rings. The summed E-state index contributed by atoms with van der Waals surface area (Å²) in [6.07, 6.45) is 6.53. The summed E-state index contributed by atoms with van der Waals surface area (Å²) >= 11 is 0. The summed E-state index contributed by atoms with van der Waals surface area (Å²) in [6.45, 7) is 4.49. The Kier molecular flexibility index (Phi) is 3.08. The van der Waals surface area contributed by atoms with E-state index in [4.69, 9.17) is 5.73 Å². The number of hydrogen-bond donors (Lipinski definition) is 3. The normalized spacial score (nSPS) is 40.8. The van der Waals surface area contributed by atoms with E-state index in [1.807, 2.05) is 0 Å². The molecule has 0 spiro atoms. The van der Waals surface area contributed by atoms with Crippen LogP contribution < -0.4 is 11.1 Å². The molecule has 0 amide bonds. The van der Waals surface area contributed by atoms with Gasteiger partial charge in [0.1, 0.15) is 5.60 Å². The highest BCUT2D eigenvalue weighted by Gasteiger charge is 2.57. The summed E-state index contributed by atoms with van der Waals surface area (Å²) in [5, 5.41) is 14.4. The Morgan fingerprint density at radius 2 is 2.26 bits per heavy atom. The van der Waals surface area contributed by atoms with Crippen LogP contribution in [0.3, 0.4) is 0 Å². The van der Waals surface area contributed by atoms with Crippen LogP contribution in [0.4, 0.5) is 0 Å². The third kappa shape index (κ3) is 1.80. The van der Waals surface area contributed by atoms with Crippen molar-refractivity contribution in [1.29, 1.82) is 0 Å². The number of nitrogens with one attached hydrogen (secondary N) is 1. The number of unbranched alkanes of at least 4 members (excludes halogenated alkanes) is 1. The van der Waals surface area contributed by atoms with E-state index in [0.29, 0.717) is 17.8 Å². The minimum absolute atomic E-state index is 0.0297. The first-order chi connectivity index (χ1) is 9.07. The first-order valence-electron chi connectivity index (χ1n) is 7.63. The van der Waals surface area contributed by atoms with E-state index in [0.717, 1.165) is 31.4 Å². The zero-order chi connectivity index (χ0) is 13.6. The van der Waals surface area contributed by atoms with Gasteiger partial charge in [0.05, 0.1) is 11.7 Å². The molecule has 4 atom stereocenters. The average molecular weight is 263 g/mol. The van der Waals surface area contributed by atoms with Crippen molar-refractivity contribution in [2.75, 3.05) is 0 Å². The Morgan fingerprint density at radius 1 is 1.47 bits per heavy atom. The van der Waals surface area contributed by atoms with Gasteiger partial charge in [0.2, 0.25) is 0 Å². The molecule has 106 valence electrons. The van der Waals surface area contributed by atoms with Gasteiger partial charge in [-0.1, -0.05) is 20.3 Å². The minimum atomic E-state index is -0.765. The summed E-state index contributed by atoms with van der Waals surface area (Å²) in [5.41, 5.74) is 7.53. The molecule has 4 nitrogen and oxygen atoms in total. The number of hydrogen-bond acceptors (Lipinski definition) is 4. The molecular formula is C15H25N3O. The second-order valence-electron chi connectivity index (χ2n) is 6.40. The van der Waals surface area contributed by atoms with Crippen molar-refractivity contribution in [3.05, 3.63) is 11.3 Å². The SMILES string of the molecule is CCCCC1=C2NC(N)=NC3CCC(CC1C)C23O. The van der Waals surface area contributed by atoms with Gasteiger partial charge in [-0.25, -0.2) is 4.99 Å². The van der Waals surface area contributed by atoms with Gasteiger partial charge in [0.15, 0.2) is 5.96 Å². The van der Waals surface area contributed by atoms with Crippen molar-refractivity contribution in [2.24, 2.45) is 22.6 Å². The first kappa shape index (κ1) is 13.0. The molecule has 4 unspecified atom stereocenters. The van der Waals surface area contributed by atoms with Crippen molar-refractivity contribution in [3.8, 4) is 0 Å². The second kappa shape index (κ2) is 4.51. The molecule has 3 rings (SSSR count). The molecule has 19 heavy (non-hydrogen) atoms. The summed E-state index contributed by atoms with van der Waals surface area (Å²) < 4.78 is 0. The highest BCUT2D eigenvalue weighted by molar-refractivity contribution is 5.82. The van der Waals surface area contributed by atoms with Crippen LogP contribution in [-0.2, 0) is 0 Å². The fourth-order valence-corrected chi connectivity index (χ4v) is 4.22. The Morgan fingerprint density at radius 3 is 3.00 bits per heavy atom. The van der Waals surface area contributed by atoms with Gasteiger partial charge in [-0.3, -0.25) is 0 Å². The zero-order valence-corrected chi connectivity index (χ0v) is 11.9. The monoisotopic (exact) mass is 263 g/mol. The molecule has 4 N–H and O–H groups in total. The van der Waals surface area contributed by atoms with Crippen molar-refractivity contribution in [3.63, 3.8) is 0 Å². The lowest BCUT2D eigenvalue weighted by atomic mass is 9.69. The van der Waals surface area contributed by atoms with Crippen LogP contribution in [0.2, 0.25) is 0 Å². The van der Waals surface area contributed by atoms with Crippen LogP contribution in [0.1, 0.15) is 52.4 Å². The minimum Gasteiger partial charge on any atom is -0.381 e. The van der Waals surface area contributed by atoms with Crippen molar-refractivity contribution in [1.82, 2.24) is 5.32 Å². The van der Waals surface area contributed by atoms with Gasteiger partial charge in [-0.15, -0.1) is 0 Å². The number of guanidine groups is 1. The number of nitrogens with zero attached hydrogens (tertiary/aromatic N) is 1. The van der Waals surface area contributed by atoms with Gasteiger partial charge in [0.25, 0.3) is 0 Å². The van der Waals surface area contributed by atoms with E-state index < -0.39 is 5.60 Å². The van der Waals surface area contributed by atoms with Crippen molar-refractivity contribution in [2.45, 2.75) is 64.0 Å². The van der Waals surface area contributed by atoms with Gasteiger partial charge < -0.3 is 16.2 Å². The first-order valence-corrected chi connectivity index (χ1v) is 7.63. The fourth-order valence-electron chi connectivity index (χ4n) is 4.22. The smallest absolute Gasteiger partial charge is 0.193 e. The molecule has 0 radical (unpaired) electrons. The Bertz CT molecular complexity index is 443. The largest absolute Gasteiger partial charge is 0.381 e. The molecule has 0 aromatic carbocycles. The number of rotatable bonds is 3. The van der Waals surface area contributed by atoms with Gasteiger partial charge in [0, 0.05) is 0 Å². The maximum Gasteiger partial charge on any atom is 0.193 e. The van der Waals surface area contributed by atoms with Gasteiger partial charge in [-0.2, -0.15) is 0 Å². The Hall–Kier alpha value is -1.03. The van der Waals surface area contributed by atoms with Crippen molar-refractivity contribution < 1.29 is 5.11 Å². The van der Waals surface area contributed by atoms with E-state index in [1.165, 1.54) is 18.4 Å². The summed E-state index contributed by atoms with van der Waals surface area (Å²) in [6, 6.07) is -0.0297. The van der Waals surface area contributed by atoms with E-state index in [1.54, 1.807) is 0 Å². The molecule has 0 bridgehead atoms. The topological polar surface area (TPSA) is 70.6 Å². The quantitative estimate of drug-likeness (QED) is 0.728. The van der Waals surface area contributed by atoms with Crippen LogP contribution in [-0.4, -0.2) is 22.7 Å². The Labute approximate surface area is 115 Å². The average Bonchev–Trinajstić information content (AvgIpc) is 2.67. The van der Waals surface area contributed by atoms with E-state index in [-0.39, 0.29) is 6.04 Å². The lowest BCUT2D eigenvalue weighted by Gasteiger charge is -2.46. The van der Waals surface area contributed by atoms with Crippen LogP contribution >= 0.6 is 0 Å². The molecule has 2 aliphatic carbocycles. The van der Waals surface area contributed by atoms with Gasteiger partial charge >= 0.3 is 0 Å². The standard InChI is InChI=1S/C15H25N3O/c1-3-4-5-11-9(2)8-10-6-7-12-15(10,19)13(11)18-14(16)17-12/h9-10,12,19H,3-8H2,1-2H3,(H3,16,17,18). The molecule has 0 aromatic heterocycles. The Balaban J connectivity index is 2.05. The van der Waals surface area contributed by atoms with Crippen LogP contribution in [0.25, 0.3) is 0 Å². The molecule has 0 aromatic rings. The maximum absolute atomic E-state index is 11.2. The third-order valence-electron chi connectivity index (χ3n) is 5.22. The number of allylic oxidation sites excluding steroid dienone is 1. The van der Waals surface area contributed by atoms with E-state index in [2.05, 4.69) is 24.2 Å². The highest BCUT2D eigenvalue weighted by atomic mass is 16.3. The summed E-state index contributed by atoms with van der Waals surface area (Å²) in [7, 11) is 0. The lowest BCUT2D eigenvalue weighted by molar-refractivity contribution is 0.000188. The van der Waals surface area contributed by atoms with Crippen LogP contribution in [0.15, 0.2) is 16.3 Å². The van der Waals surface area contributed by atoms with Crippen LogP contribution in [0.5, 0.6) is 0 Å². The maximum atomic E-state index is 11.2. The third-order valence-corrected chi connectivity index (χ3v) is 5.22. The highest BCUT2D eigenvalue weighted by Crippen LogP contribution is 2.52. The predicted molar refractivity (Wildman–Crippen MR) is 76.6 cm³/mol. The molecular weight excluding hydrogens is 238 g/mol. The molecule has 1 fully saturated rings. The van der Waals surface area contributed by atoms with Crippen molar-refractivity contribution >= 4 is 5.96 Å². The molecule has 0 saturated heterocycles. The van der Waals surface area contributed by atoms with Gasteiger partial charge in [-0.05, 0) is 49.5 Å².